The molecule has 4 rings (SSSR count). The average molecular weight is 416 g/mol. The maximum Gasteiger partial charge on any atom is 0.260 e. The molecule has 2 aliphatic heterocycles. The van der Waals surface area contributed by atoms with Gasteiger partial charge >= 0.3 is 0 Å². The van der Waals surface area contributed by atoms with Gasteiger partial charge in [-0.3, -0.25) is 19.4 Å². The SMILES string of the molecule is Cc1nc(CN2CCN(CC(=O)N3C[C@@H](C(N)=O)Oc4ccccc43)CC2)cs1. The molecular weight excluding hydrogens is 390 g/mol. The number of amides is 2. The normalized spacial score (nSPS) is 20.2. The van der Waals surface area contributed by atoms with Crippen molar-refractivity contribution in [1.29, 1.82) is 0 Å². The van der Waals surface area contributed by atoms with Crippen LogP contribution in [0.1, 0.15) is 10.7 Å². The molecule has 154 valence electrons. The van der Waals surface area contributed by atoms with Crippen LogP contribution in [-0.2, 0) is 16.1 Å². The number of hydrogen-bond acceptors (Lipinski definition) is 7. The standard InChI is InChI=1S/C20H25N5O3S/c1-14-22-15(13-29-14)10-23-6-8-24(9-7-23)12-19(26)25-11-18(20(21)27)28-17-5-3-2-4-16(17)25/h2-5,13,18H,6-12H2,1H3,(H2,21,27)/t18-/m0/s1. The van der Waals surface area contributed by atoms with Gasteiger partial charge < -0.3 is 15.4 Å². The molecule has 0 radical (unpaired) electrons. The summed E-state index contributed by atoms with van der Waals surface area (Å²) in [6.07, 6.45) is -0.827. The van der Waals surface area contributed by atoms with Crippen molar-refractivity contribution < 1.29 is 14.3 Å². The van der Waals surface area contributed by atoms with Gasteiger partial charge in [0.15, 0.2) is 6.10 Å². The Labute approximate surface area is 173 Å². The summed E-state index contributed by atoms with van der Waals surface area (Å²) in [5.41, 5.74) is 7.23. The number of thiazole rings is 1. The molecule has 3 heterocycles. The topological polar surface area (TPSA) is 92.0 Å². The first-order chi connectivity index (χ1) is 14.0. The number of fused-ring (bicyclic) bond motifs is 1. The number of ether oxygens (including phenoxy) is 1. The molecule has 2 amide bonds. The molecule has 2 aliphatic rings. The number of aryl methyl sites for hydroxylation is 1. The largest absolute Gasteiger partial charge is 0.477 e. The van der Waals surface area contributed by atoms with E-state index in [2.05, 4.69) is 20.2 Å². The molecule has 29 heavy (non-hydrogen) atoms. The quantitative estimate of drug-likeness (QED) is 0.778. The predicted molar refractivity (Wildman–Crippen MR) is 111 cm³/mol. The summed E-state index contributed by atoms with van der Waals surface area (Å²) in [5.74, 6) is -0.0990. The van der Waals surface area contributed by atoms with E-state index in [0.29, 0.717) is 18.0 Å². The van der Waals surface area contributed by atoms with Gasteiger partial charge in [0.05, 0.1) is 29.5 Å². The molecule has 0 bridgehead atoms. The second kappa shape index (κ2) is 8.48. The Bertz CT molecular complexity index is 894. The maximum atomic E-state index is 13.0. The van der Waals surface area contributed by atoms with E-state index in [1.165, 1.54) is 0 Å². The molecule has 8 nitrogen and oxygen atoms in total. The third-order valence-corrected chi connectivity index (χ3v) is 6.09. The summed E-state index contributed by atoms with van der Waals surface area (Å²) in [6, 6.07) is 7.25. The first-order valence-electron chi connectivity index (χ1n) is 9.70. The van der Waals surface area contributed by atoms with Crippen LogP contribution in [0.2, 0.25) is 0 Å². The Morgan fingerprint density at radius 3 is 2.62 bits per heavy atom. The zero-order valence-electron chi connectivity index (χ0n) is 16.4. The zero-order valence-corrected chi connectivity index (χ0v) is 17.2. The van der Waals surface area contributed by atoms with Crippen molar-refractivity contribution in [1.82, 2.24) is 14.8 Å². The Morgan fingerprint density at radius 1 is 1.21 bits per heavy atom. The summed E-state index contributed by atoms with van der Waals surface area (Å²) in [4.78, 5) is 35.3. The number of aromatic nitrogens is 1. The minimum absolute atomic E-state index is 0.0458. The molecular formula is C20H25N5O3S. The molecule has 1 fully saturated rings. The van der Waals surface area contributed by atoms with Gasteiger partial charge in [0.2, 0.25) is 5.91 Å². The summed E-state index contributed by atoms with van der Waals surface area (Å²) < 4.78 is 5.64. The number of hydrogen-bond donors (Lipinski definition) is 1. The van der Waals surface area contributed by atoms with Gasteiger partial charge in [-0.1, -0.05) is 12.1 Å². The van der Waals surface area contributed by atoms with E-state index < -0.39 is 12.0 Å². The molecule has 1 aromatic heterocycles. The second-order valence-electron chi connectivity index (χ2n) is 7.39. The molecule has 9 heteroatoms. The van der Waals surface area contributed by atoms with Gasteiger partial charge in [-0.15, -0.1) is 11.3 Å². The highest BCUT2D eigenvalue weighted by Crippen LogP contribution is 2.33. The minimum atomic E-state index is -0.827. The summed E-state index contributed by atoms with van der Waals surface area (Å²) in [6.45, 7) is 6.76. The van der Waals surface area contributed by atoms with E-state index in [-0.39, 0.29) is 12.5 Å². The molecule has 0 spiro atoms. The van der Waals surface area contributed by atoms with Crippen molar-refractivity contribution in [3.05, 3.63) is 40.3 Å². The molecule has 2 N–H and O–H groups in total. The van der Waals surface area contributed by atoms with E-state index >= 15 is 0 Å². The lowest BCUT2D eigenvalue weighted by atomic mass is 10.1. The Hall–Kier alpha value is -2.49. The van der Waals surface area contributed by atoms with Crippen LogP contribution in [0.4, 0.5) is 5.69 Å². The summed E-state index contributed by atoms with van der Waals surface area (Å²) in [5, 5.41) is 3.19. The zero-order chi connectivity index (χ0) is 20.4. The number of anilines is 1. The van der Waals surface area contributed by atoms with Crippen LogP contribution >= 0.6 is 11.3 Å². The highest BCUT2D eigenvalue weighted by atomic mass is 32.1. The number of nitrogens with two attached hydrogens (primary N) is 1. The molecule has 0 aliphatic carbocycles. The number of carbonyl (C=O) groups excluding carboxylic acids is 2. The molecule has 1 saturated heterocycles. The monoisotopic (exact) mass is 415 g/mol. The number of carbonyl (C=O) groups is 2. The fourth-order valence-corrected chi connectivity index (χ4v) is 4.31. The molecule has 2 aromatic rings. The highest BCUT2D eigenvalue weighted by molar-refractivity contribution is 7.09. The van der Waals surface area contributed by atoms with Crippen LogP contribution in [0.5, 0.6) is 5.75 Å². The van der Waals surface area contributed by atoms with Gasteiger partial charge in [-0.05, 0) is 19.1 Å². The van der Waals surface area contributed by atoms with Crippen molar-refractivity contribution in [3.8, 4) is 5.75 Å². The lowest BCUT2D eigenvalue weighted by molar-refractivity contribution is -0.125. The molecule has 0 saturated carbocycles. The van der Waals surface area contributed by atoms with Gasteiger partial charge in [-0.25, -0.2) is 4.98 Å². The number of benzene rings is 1. The van der Waals surface area contributed by atoms with Crippen LogP contribution in [0.3, 0.4) is 0 Å². The lowest BCUT2D eigenvalue weighted by Gasteiger charge is -2.37. The van der Waals surface area contributed by atoms with Crippen molar-refractivity contribution >= 4 is 28.8 Å². The van der Waals surface area contributed by atoms with Gasteiger partial charge in [-0.2, -0.15) is 0 Å². The van der Waals surface area contributed by atoms with Crippen LogP contribution in [-0.4, -0.2) is 72.0 Å². The number of nitrogens with zero attached hydrogens (tertiary/aromatic N) is 4. The number of piperazine rings is 1. The van der Waals surface area contributed by atoms with Crippen molar-refractivity contribution in [3.63, 3.8) is 0 Å². The van der Waals surface area contributed by atoms with Crippen molar-refractivity contribution in [2.45, 2.75) is 19.6 Å². The Balaban J connectivity index is 1.35. The molecule has 1 atom stereocenters. The number of rotatable bonds is 5. The molecule has 0 unspecified atom stereocenters. The lowest BCUT2D eigenvalue weighted by Crippen LogP contribution is -2.53. The Kier molecular flexibility index (Phi) is 5.79. The fraction of sp³-hybridized carbons (Fsp3) is 0.450. The summed E-state index contributed by atoms with van der Waals surface area (Å²) in [7, 11) is 0. The second-order valence-corrected chi connectivity index (χ2v) is 8.45. The van der Waals surface area contributed by atoms with E-state index in [0.717, 1.165) is 43.4 Å². The number of primary amides is 1. The smallest absolute Gasteiger partial charge is 0.260 e. The predicted octanol–water partition coefficient (Wildman–Crippen LogP) is 0.849. The first-order valence-corrected chi connectivity index (χ1v) is 10.6. The third-order valence-electron chi connectivity index (χ3n) is 5.27. The van der Waals surface area contributed by atoms with E-state index in [1.54, 1.807) is 22.3 Å². The van der Waals surface area contributed by atoms with E-state index in [9.17, 15) is 9.59 Å². The average Bonchev–Trinajstić information content (AvgIpc) is 3.13. The van der Waals surface area contributed by atoms with Gasteiger partial charge in [0.1, 0.15) is 5.75 Å². The van der Waals surface area contributed by atoms with Crippen molar-refractivity contribution in [2.24, 2.45) is 5.73 Å². The first kappa shape index (κ1) is 19.8. The highest BCUT2D eigenvalue weighted by Gasteiger charge is 2.33. The summed E-state index contributed by atoms with van der Waals surface area (Å²) >= 11 is 1.67. The van der Waals surface area contributed by atoms with Gasteiger partial charge in [0.25, 0.3) is 5.91 Å². The maximum absolute atomic E-state index is 13.0. The van der Waals surface area contributed by atoms with Crippen molar-refractivity contribution in [2.75, 3.05) is 44.2 Å². The van der Waals surface area contributed by atoms with E-state index in [4.69, 9.17) is 10.5 Å². The van der Waals surface area contributed by atoms with Gasteiger partial charge in [0, 0.05) is 38.1 Å². The fourth-order valence-electron chi connectivity index (χ4n) is 3.71. The van der Waals surface area contributed by atoms with Crippen LogP contribution in [0.25, 0.3) is 0 Å². The van der Waals surface area contributed by atoms with Crippen LogP contribution < -0.4 is 15.4 Å². The Morgan fingerprint density at radius 2 is 1.93 bits per heavy atom. The third kappa shape index (κ3) is 4.58. The minimum Gasteiger partial charge on any atom is -0.477 e. The van der Waals surface area contributed by atoms with Crippen LogP contribution in [0, 0.1) is 6.92 Å². The number of para-hydroxylation sites is 2. The van der Waals surface area contributed by atoms with Crippen LogP contribution in [0.15, 0.2) is 29.6 Å². The molecule has 1 aromatic carbocycles. The van der Waals surface area contributed by atoms with E-state index in [1.807, 2.05) is 25.1 Å².